The number of aliphatic hydroxyl groups excluding tert-OH is 1. The summed E-state index contributed by atoms with van der Waals surface area (Å²) in [7, 11) is 2.19. The van der Waals surface area contributed by atoms with Crippen molar-refractivity contribution in [1.29, 1.82) is 0 Å². The largest absolute Gasteiger partial charge is 1.00 e. The van der Waals surface area contributed by atoms with Crippen LogP contribution in [0.4, 0.5) is 0 Å². The molecule has 11 nitrogen and oxygen atoms in total. The Morgan fingerprint density at radius 1 is 1.19 bits per heavy atom. The first-order chi connectivity index (χ1) is 15.9. The van der Waals surface area contributed by atoms with Crippen LogP contribution < -0.4 is 74.1 Å². The second-order valence-electron chi connectivity index (χ2n) is 9.37. The molecule has 0 saturated carbocycles. The van der Waals surface area contributed by atoms with Crippen LogP contribution in [0.15, 0.2) is 24.3 Å². The Morgan fingerprint density at radius 2 is 1.86 bits per heavy atom. The van der Waals surface area contributed by atoms with Gasteiger partial charge in [0, 0.05) is 35.3 Å². The Bertz CT molecular complexity index is 1060. The minimum Gasteiger partial charge on any atom is -0.550 e. The number of aliphatic hydroxyl groups is 2. The Balaban J connectivity index is 0.000000270. The maximum absolute atomic E-state index is 10.4. The van der Waals surface area contributed by atoms with Crippen molar-refractivity contribution in [2.45, 2.75) is 54.9 Å². The number of benzene rings is 1. The Labute approximate surface area is 251 Å². The standard InChI is InChI=1S/C17H19NO3.C6H8O7.2Na/c1-18-7-6-17-10-3-5-13(20)16(17)21-15-12(19)4-2-9(14(15)17)8-11(10)18;7-3(8)1-6(13,5(11)12)2-4(9)10;;/h2-5,10-11,13,16,19-20H,6-8H2,1H3;13H,1-2H2,(H,7,8)(H,9,10)(H,11,12);;/q;;2*+1/p-2/t10-,11+,13-,16-,17-;;;/m0.../s1. The molecule has 2 bridgehead atoms. The Kier molecular flexibility index (Phi) is 9.75. The van der Waals surface area contributed by atoms with Gasteiger partial charge in [0.2, 0.25) is 0 Å². The van der Waals surface area contributed by atoms with Gasteiger partial charge in [-0.05, 0) is 38.1 Å². The number of hydrogen-bond acceptors (Lipinski definition) is 10. The minimum atomic E-state index is -2.91. The van der Waals surface area contributed by atoms with Gasteiger partial charge in [0.25, 0.3) is 0 Å². The number of hydrogen-bond donors (Lipinski definition) is 4. The Hall–Kier alpha value is -1.15. The summed E-state index contributed by atoms with van der Waals surface area (Å²) in [5.74, 6) is -4.48. The van der Waals surface area contributed by atoms with Gasteiger partial charge >= 0.3 is 65.1 Å². The van der Waals surface area contributed by atoms with Crippen molar-refractivity contribution < 1.29 is 109 Å². The number of ether oxygens (including phenoxy) is 1. The third kappa shape index (κ3) is 5.10. The molecule has 184 valence electrons. The van der Waals surface area contributed by atoms with Crippen LogP contribution in [0.3, 0.4) is 0 Å². The third-order valence-corrected chi connectivity index (χ3v) is 7.41. The van der Waals surface area contributed by atoms with Crippen LogP contribution in [-0.4, -0.2) is 80.7 Å². The van der Waals surface area contributed by atoms with Crippen molar-refractivity contribution in [3.8, 4) is 11.5 Å². The van der Waals surface area contributed by atoms with E-state index in [4.69, 9.17) is 14.9 Å². The number of aromatic hydroxyl groups is 1. The van der Waals surface area contributed by atoms with Gasteiger partial charge in [-0.3, -0.25) is 4.79 Å². The van der Waals surface area contributed by atoms with Crippen LogP contribution in [0.2, 0.25) is 0 Å². The molecule has 1 spiro atoms. The molecule has 4 N–H and O–H groups in total. The van der Waals surface area contributed by atoms with E-state index in [-0.39, 0.29) is 76.4 Å². The van der Waals surface area contributed by atoms with Crippen molar-refractivity contribution >= 4 is 17.9 Å². The summed E-state index contributed by atoms with van der Waals surface area (Å²) in [5, 5.41) is 57.9. The maximum atomic E-state index is 10.4. The number of likely N-dealkylation sites (N-methyl/N-ethyl adjacent to an activating group) is 1. The van der Waals surface area contributed by atoms with Crippen molar-refractivity contribution in [2.24, 2.45) is 5.92 Å². The molecular formula is C23H25NNa2O10. The predicted molar refractivity (Wildman–Crippen MR) is 109 cm³/mol. The average Bonchev–Trinajstić information content (AvgIpc) is 3.09. The summed E-state index contributed by atoms with van der Waals surface area (Å²) in [5.41, 5.74) is -0.622. The molecule has 1 unspecified atom stereocenters. The van der Waals surface area contributed by atoms with Crippen LogP contribution in [0.25, 0.3) is 0 Å². The molecule has 6 atom stereocenters. The number of rotatable bonds is 5. The van der Waals surface area contributed by atoms with Crippen LogP contribution in [-0.2, 0) is 26.2 Å². The smallest absolute Gasteiger partial charge is 0.550 e. The summed E-state index contributed by atoms with van der Waals surface area (Å²) in [4.78, 5) is 32.6. The average molecular weight is 521 g/mol. The van der Waals surface area contributed by atoms with E-state index in [2.05, 4.69) is 18.0 Å². The normalized spacial score (nSPS) is 30.1. The van der Waals surface area contributed by atoms with Crippen LogP contribution in [0, 0.1) is 5.92 Å². The van der Waals surface area contributed by atoms with Gasteiger partial charge in [-0.15, -0.1) is 0 Å². The molecule has 0 aromatic heterocycles. The van der Waals surface area contributed by atoms with Crippen molar-refractivity contribution in [3.05, 3.63) is 35.4 Å². The van der Waals surface area contributed by atoms with Gasteiger partial charge in [-0.2, -0.15) is 0 Å². The monoisotopic (exact) mass is 521 g/mol. The summed E-state index contributed by atoms with van der Waals surface area (Å²) in [6.45, 7) is 1.01. The van der Waals surface area contributed by atoms with E-state index in [1.807, 2.05) is 12.1 Å². The first kappa shape index (κ1) is 31.1. The van der Waals surface area contributed by atoms with Crippen LogP contribution in [0.1, 0.15) is 30.4 Å². The fraction of sp³-hybridized carbons (Fsp3) is 0.522. The van der Waals surface area contributed by atoms with Gasteiger partial charge in [-0.25, -0.2) is 0 Å². The van der Waals surface area contributed by atoms with E-state index < -0.39 is 42.5 Å². The fourth-order valence-corrected chi connectivity index (χ4v) is 5.93. The zero-order valence-corrected chi connectivity index (χ0v) is 24.3. The van der Waals surface area contributed by atoms with Gasteiger partial charge in [-0.1, -0.05) is 18.2 Å². The Morgan fingerprint density at radius 3 is 2.44 bits per heavy atom. The number of carbonyl (C=O) groups is 3. The minimum absolute atomic E-state index is 0. The molecule has 2 aliphatic carbocycles. The maximum Gasteiger partial charge on any atom is 1.00 e. The topological polar surface area (TPSA) is 191 Å². The molecule has 1 fully saturated rings. The zero-order chi connectivity index (χ0) is 25.0. The number of piperidine rings is 1. The van der Waals surface area contributed by atoms with Crippen LogP contribution >= 0.6 is 0 Å². The first-order valence-electron chi connectivity index (χ1n) is 10.8. The van der Waals surface area contributed by atoms with Gasteiger partial charge in [0.05, 0.1) is 12.4 Å². The number of likely N-dealkylation sites (tertiary alicyclic amines) is 1. The molecule has 13 heteroatoms. The van der Waals surface area contributed by atoms with Gasteiger partial charge in [0.15, 0.2) is 11.5 Å². The van der Waals surface area contributed by atoms with Crippen molar-refractivity contribution in [2.75, 3.05) is 13.6 Å². The molecule has 4 aliphatic rings. The molecule has 2 aliphatic heterocycles. The van der Waals surface area contributed by atoms with Crippen molar-refractivity contribution in [1.82, 2.24) is 4.90 Å². The van der Waals surface area contributed by atoms with Gasteiger partial charge < -0.3 is 49.9 Å². The number of carbonyl (C=O) groups excluding carboxylic acids is 2. The van der Waals surface area contributed by atoms with E-state index in [9.17, 15) is 34.8 Å². The molecule has 5 rings (SSSR count). The number of carboxylic acids is 3. The van der Waals surface area contributed by atoms with E-state index in [0.29, 0.717) is 17.7 Å². The number of phenolic OH excluding ortho intramolecular Hbond substituents is 1. The van der Waals surface area contributed by atoms with E-state index in [0.717, 1.165) is 19.4 Å². The number of carboxylic acid groups (broad SMARTS) is 3. The molecule has 1 saturated heterocycles. The second-order valence-corrected chi connectivity index (χ2v) is 9.37. The molecular weight excluding hydrogens is 496 g/mol. The molecule has 0 radical (unpaired) electrons. The molecule has 36 heavy (non-hydrogen) atoms. The summed E-state index contributed by atoms with van der Waals surface area (Å²) < 4.78 is 6.09. The second kappa shape index (κ2) is 11.3. The van der Waals surface area contributed by atoms with E-state index in [1.165, 1.54) is 11.1 Å². The van der Waals surface area contributed by atoms with E-state index >= 15 is 0 Å². The third-order valence-electron chi connectivity index (χ3n) is 7.41. The number of aliphatic carboxylic acids is 3. The summed E-state index contributed by atoms with van der Waals surface area (Å²) in [6.07, 6.45) is 2.61. The first-order valence-corrected chi connectivity index (χ1v) is 10.8. The molecule has 2 heterocycles. The molecule has 1 aromatic carbocycles. The SMILES string of the molecule is CN1CC[C@]23c4c5ccc(O)c4O[C@H]2[C@@H](O)C=C[C@H]3[C@H]1C5.O=C([O-])CC(O)(CC(=O)O)C(=O)[O-].[Na+].[Na+]. The van der Waals surface area contributed by atoms with E-state index in [1.54, 1.807) is 6.07 Å². The van der Waals surface area contributed by atoms with Gasteiger partial charge in [0.1, 0.15) is 17.8 Å². The van der Waals surface area contributed by atoms with Crippen molar-refractivity contribution in [3.63, 3.8) is 0 Å². The molecule has 1 aromatic rings. The zero-order valence-electron chi connectivity index (χ0n) is 20.3. The number of phenols is 1. The quantitative estimate of drug-likeness (QED) is 0.213. The summed E-state index contributed by atoms with van der Waals surface area (Å²) >= 11 is 0. The number of nitrogens with zero attached hydrogens (tertiary/aromatic N) is 1. The predicted octanol–water partition coefficient (Wildman–Crippen LogP) is -8.71. The molecule has 0 amide bonds. The van der Waals surface area contributed by atoms with Crippen LogP contribution in [0.5, 0.6) is 11.5 Å². The summed E-state index contributed by atoms with van der Waals surface area (Å²) in [6, 6.07) is 4.23. The fourth-order valence-electron chi connectivity index (χ4n) is 5.93.